The summed E-state index contributed by atoms with van der Waals surface area (Å²) >= 11 is 1.65. The van der Waals surface area contributed by atoms with E-state index in [1.54, 1.807) is 17.4 Å². The Morgan fingerprint density at radius 1 is 0.667 bits per heavy atom. The average Bonchev–Trinajstić information content (AvgIpc) is 3.58. The number of fused-ring (bicyclic) bond motifs is 9. The van der Waals surface area contributed by atoms with Crippen molar-refractivity contribution in [1.29, 1.82) is 10.5 Å². The molecule has 0 unspecified atom stereocenters. The summed E-state index contributed by atoms with van der Waals surface area (Å²) in [7, 11) is 0. The summed E-state index contributed by atoms with van der Waals surface area (Å²) in [6.45, 7) is 4.59. The minimum Gasteiger partial charge on any atom is -0.307 e. The molecule has 0 saturated carbocycles. The third-order valence-corrected chi connectivity index (χ3v) is 9.64. The topological polar surface area (TPSA) is 52.5 Å². The van der Waals surface area contributed by atoms with Crippen molar-refractivity contribution in [1.82, 2.24) is 4.57 Å². The number of hydrogen-bond donors (Lipinski definition) is 0. The van der Waals surface area contributed by atoms with Gasteiger partial charge in [0, 0.05) is 31.7 Å². The van der Waals surface area contributed by atoms with E-state index in [2.05, 4.69) is 103 Å². The largest absolute Gasteiger partial charge is 0.307 e. The minimum absolute atomic E-state index is 0.142. The van der Waals surface area contributed by atoms with Crippen LogP contribution in [0.25, 0.3) is 58.8 Å². The van der Waals surface area contributed by atoms with Crippen molar-refractivity contribution < 1.29 is 0 Å². The van der Waals surface area contributed by atoms with Crippen molar-refractivity contribution in [3.8, 4) is 29.0 Å². The Morgan fingerprint density at radius 3 is 2.21 bits per heavy atom. The first-order chi connectivity index (χ1) is 19.0. The molecule has 0 atom stereocenters. The fourth-order valence-corrected chi connectivity index (χ4v) is 7.95. The number of rotatable bonds is 1. The Morgan fingerprint density at radius 2 is 1.38 bits per heavy atom. The Bertz CT molecular complexity index is 2280. The van der Waals surface area contributed by atoms with Crippen LogP contribution in [0.1, 0.15) is 36.1 Å². The standard InChI is InChI=1S/C35H21N3S/c1-35(2)27-12-6-3-9-22(27)25-16-26-23-10-4-7-13-29(23)38(30(26)17-28(25)35)33-21(19-37)15-20(18-36)32-24-11-5-8-14-31(24)39-34(32)33/h3-17H,1-2H3. The van der Waals surface area contributed by atoms with E-state index in [1.165, 1.54) is 27.6 Å². The van der Waals surface area contributed by atoms with Gasteiger partial charge in [0.2, 0.25) is 0 Å². The lowest BCUT2D eigenvalue weighted by Gasteiger charge is -2.22. The van der Waals surface area contributed by atoms with Crippen LogP contribution in [0.15, 0.2) is 91.0 Å². The van der Waals surface area contributed by atoms with Crippen LogP contribution in [0.3, 0.4) is 0 Å². The van der Waals surface area contributed by atoms with E-state index >= 15 is 0 Å². The van der Waals surface area contributed by atoms with Gasteiger partial charge in [-0.1, -0.05) is 74.5 Å². The van der Waals surface area contributed by atoms with E-state index in [4.69, 9.17) is 0 Å². The number of hydrogen-bond acceptors (Lipinski definition) is 3. The lowest BCUT2D eigenvalue weighted by Crippen LogP contribution is -2.15. The molecule has 0 radical (unpaired) electrons. The highest BCUT2D eigenvalue weighted by atomic mass is 32.1. The first kappa shape index (κ1) is 22.1. The molecule has 0 saturated heterocycles. The molecule has 2 heterocycles. The van der Waals surface area contributed by atoms with Crippen LogP contribution in [-0.2, 0) is 5.41 Å². The molecular formula is C35H21N3S. The Kier molecular flexibility index (Phi) is 4.30. The van der Waals surface area contributed by atoms with Crippen molar-refractivity contribution in [3.63, 3.8) is 0 Å². The summed E-state index contributed by atoms with van der Waals surface area (Å²) in [5.74, 6) is 0. The lowest BCUT2D eigenvalue weighted by molar-refractivity contribution is 0.661. The van der Waals surface area contributed by atoms with Crippen molar-refractivity contribution in [2.45, 2.75) is 19.3 Å². The second kappa shape index (κ2) is 7.58. The Hall–Kier alpha value is -4.90. The maximum Gasteiger partial charge on any atom is 0.101 e. The van der Waals surface area contributed by atoms with Gasteiger partial charge < -0.3 is 4.57 Å². The highest BCUT2D eigenvalue weighted by Crippen LogP contribution is 2.51. The first-order valence-electron chi connectivity index (χ1n) is 13.0. The van der Waals surface area contributed by atoms with E-state index in [0.717, 1.165) is 42.3 Å². The van der Waals surface area contributed by atoms with Crippen LogP contribution in [0, 0.1) is 22.7 Å². The van der Waals surface area contributed by atoms with Gasteiger partial charge in [-0.2, -0.15) is 10.5 Å². The molecule has 5 aromatic carbocycles. The second-order valence-electron chi connectivity index (χ2n) is 10.8. The van der Waals surface area contributed by atoms with Gasteiger partial charge in [0.1, 0.15) is 6.07 Å². The normalized spacial score (nSPS) is 13.5. The maximum atomic E-state index is 10.4. The lowest BCUT2D eigenvalue weighted by atomic mass is 9.82. The summed E-state index contributed by atoms with van der Waals surface area (Å²) in [6, 6.07) is 36.6. The van der Waals surface area contributed by atoms with Gasteiger partial charge in [-0.3, -0.25) is 0 Å². The van der Waals surface area contributed by atoms with Crippen LogP contribution >= 0.6 is 11.3 Å². The second-order valence-corrected chi connectivity index (χ2v) is 11.8. The Balaban J connectivity index is 1.59. The number of thiophene rings is 1. The molecule has 39 heavy (non-hydrogen) atoms. The molecule has 7 aromatic rings. The van der Waals surface area contributed by atoms with Gasteiger partial charge >= 0.3 is 0 Å². The van der Waals surface area contributed by atoms with Crippen LogP contribution in [-0.4, -0.2) is 4.57 Å². The van der Waals surface area contributed by atoms with Crippen LogP contribution in [0.5, 0.6) is 0 Å². The molecule has 0 aliphatic heterocycles. The van der Waals surface area contributed by atoms with Gasteiger partial charge in [0.25, 0.3) is 0 Å². The van der Waals surface area contributed by atoms with Gasteiger partial charge in [0.15, 0.2) is 0 Å². The van der Waals surface area contributed by atoms with E-state index in [1.807, 2.05) is 12.1 Å². The predicted molar refractivity (Wildman–Crippen MR) is 161 cm³/mol. The maximum absolute atomic E-state index is 10.4. The zero-order chi connectivity index (χ0) is 26.5. The molecule has 3 nitrogen and oxygen atoms in total. The summed E-state index contributed by atoms with van der Waals surface area (Å²) in [6.07, 6.45) is 0. The predicted octanol–water partition coefficient (Wildman–Crippen LogP) is 9.20. The summed E-state index contributed by atoms with van der Waals surface area (Å²) < 4.78 is 4.35. The van der Waals surface area contributed by atoms with Gasteiger partial charge in [-0.15, -0.1) is 11.3 Å². The van der Waals surface area contributed by atoms with E-state index in [9.17, 15) is 10.5 Å². The quantitative estimate of drug-likeness (QED) is 0.219. The molecule has 1 aliphatic rings. The molecule has 0 amide bonds. The van der Waals surface area contributed by atoms with Crippen molar-refractivity contribution in [3.05, 3.63) is 113 Å². The monoisotopic (exact) mass is 515 g/mol. The highest BCUT2D eigenvalue weighted by molar-refractivity contribution is 7.26. The molecule has 0 fully saturated rings. The van der Waals surface area contributed by atoms with E-state index in [0.29, 0.717) is 11.1 Å². The molecule has 4 heteroatoms. The van der Waals surface area contributed by atoms with Crippen LogP contribution in [0.2, 0.25) is 0 Å². The molecule has 8 rings (SSSR count). The zero-order valence-electron chi connectivity index (χ0n) is 21.4. The molecular weight excluding hydrogens is 494 g/mol. The van der Waals surface area contributed by atoms with Gasteiger partial charge in [-0.25, -0.2) is 0 Å². The zero-order valence-corrected chi connectivity index (χ0v) is 22.2. The van der Waals surface area contributed by atoms with Crippen molar-refractivity contribution in [2.75, 3.05) is 0 Å². The number of benzene rings is 5. The highest BCUT2D eigenvalue weighted by Gasteiger charge is 2.36. The first-order valence-corrected chi connectivity index (χ1v) is 13.8. The molecule has 0 spiro atoms. The summed E-state index contributed by atoms with van der Waals surface area (Å²) in [5, 5.41) is 24.8. The molecule has 182 valence electrons. The third kappa shape index (κ3) is 2.74. The fourth-order valence-electron chi connectivity index (χ4n) is 6.69. The summed E-state index contributed by atoms with van der Waals surface area (Å²) in [4.78, 5) is 0. The van der Waals surface area contributed by atoms with E-state index in [-0.39, 0.29) is 5.41 Å². The van der Waals surface area contributed by atoms with Gasteiger partial charge in [0.05, 0.1) is 38.6 Å². The minimum atomic E-state index is -0.142. The van der Waals surface area contributed by atoms with Gasteiger partial charge in [-0.05, 0) is 52.6 Å². The third-order valence-electron chi connectivity index (χ3n) is 8.46. The fraction of sp³-hybridized carbons (Fsp3) is 0.0857. The Labute approximate surface area is 229 Å². The number of nitriles is 2. The van der Waals surface area contributed by atoms with Crippen LogP contribution < -0.4 is 0 Å². The van der Waals surface area contributed by atoms with Crippen molar-refractivity contribution in [2.24, 2.45) is 0 Å². The van der Waals surface area contributed by atoms with Crippen molar-refractivity contribution >= 4 is 53.3 Å². The molecule has 1 aliphatic carbocycles. The van der Waals surface area contributed by atoms with E-state index < -0.39 is 0 Å². The summed E-state index contributed by atoms with van der Waals surface area (Å²) in [5.41, 5.74) is 9.10. The molecule has 2 aromatic heterocycles. The average molecular weight is 516 g/mol. The molecule has 0 bridgehead atoms. The smallest absolute Gasteiger partial charge is 0.101 e. The van der Waals surface area contributed by atoms with Crippen LogP contribution in [0.4, 0.5) is 0 Å². The number of para-hydroxylation sites is 1. The number of aromatic nitrogens is 1. The number of nitrogens with zero attached hydrogens (tertiary/aromatic N) is 3. The molecule has 0 N–H and O–H groups in total. The SMILES string of the molecule is CC1(C)c2ccccc2-c2cc3c4ccccc4n(-c4c(C#N)cc(C#N)c5c4sc4ccccc45)c3cc21.